The molecule has 0 spiro atoms. The number of carbonyl (C=O) groups excluding carboxylic acids is 1. The molecule has 20 heavy (non-hydrogen) atoms. The molecule has 2 N–H and O–H groups in total. The summed E-state index contributed by atoms with van der Waals surface area (Å²) >= 11 is 2.15. The Morgan fingerprint density at radius 2 is 1.80 bits per heavy atom. The third kappa shape index (κ3) is 3.02. The maximum atomic E-state index is 11.3. The molecule has 0 aromatic heterocycles. The van der Waals surface area contributed by atoms with Gasteiger partial charge in [0.25, 0.3) is 6.03 Å². The van der Waals surface area contributed by atoms with Gasteiger partial charge in [-0.25, -0.2) is 0 Å². The van der Waals surface area contributed by atoms with Gasteiger partial charge in [0.05, 0.1) is 11.2 Å². The summed E-state index contributed by atoms with van der Waals surface area (Å²) in [5, 5.41) is 2.71. The zero-order chi connectivity index (χ0) is 15.0. The summed E-state index contributed by atoms with van der Waals surface area (Å²) in [4.78, 5) is 11.3. The Bertz CT molecular complexity index is 506. The Morgan fingerprint density at radius 1 is 1.20 bits per heavy atom. The van der Waals surface area contributed by atoms with Gasteiger partial charge >= 0.3 is 23.6 Å². The highest BCUT2D eigenvalue weighted by atomic mass is 27.1. The number of hydrogen-bond acceptors (Lipinski definition) is 3. The van der Waals surface area contributed by atoms with Gasteiger partial charge in [-0.2, -0.15) is 0 Å². The van der Waals surface area contributed by atoms with E-state index in [-0.39, 0.29) is 17.2 Å². The van der Waals surface area contributed by atoms with Crippen molar-refractivity contribution in [2.45, 2.75) is 38.9 Å². The van der Waals surface area contributed by atoms with Gasteiger partial charge in [-0.3, -0.25) is 4.79 Å². The van der Waals surface area contributed by atoms with Gasteiger partial charge < -0.3 is 18.9 Å². The maximum absolute atomic E-state index is 11.3. The van der Waals surface area contributed by atoms with Crippen LogP contribution in [-0.2, 0) is 9.31 Å². The smallest absolute Gasteiger partial charge is 0.446 e. The minimum Gasteiger partial charge on any atom is -0.446 e. The largest absolute Gasteiger partial charge is 0.494 e. The van der Waals surface area contributed by atoms with Crippen molar-refractivity contribution < 1.29 is 14.1 Å². The Balaban J connectivity index is 2.19. The summed E-state index contributed by atoms with van der Waals surface area (Å²) in [6, 6.07) is 7.16. The lowest BCUT2D eigenvalue weighted by molar-refractivity contribution is 0.00578. The Kier molecular flexibility index (Phi) is 4.17. The molecule has 2 amide bonds. The minimum absolute atomic E-state index is 0.291. The van der Waals surface area contributed by atoms with Gasteiger partial charge in [-0.1, -0.05) is 12.1 Å². The molecular weight excluding hydrogens is 270 g/mol. The van der Waals surface area contributed by atoms with Crippen LogP contribution in [0.2, 0.25) is 0 Å². The molecule has 1 fully saturated rings. The number of carbonyl (C=O) groups is 1. The minimum atomic E-state index is -0.430. The van der Waals surface area contributed by atoms with Crippen molar-refractivity contribution in [3.8, 4) is 0 Å². The lowest BCUT2D eigenvalue weighted by Crippen LogP contribution is -2.41. The topological polar surface area (TPSA) is 59.6 Å². The van der Waals surface area contributed by atoms with Crippen molar-refractivity contribution >= 4 is 40.8 Å². The van der Waals surface area contributed by atoms with Crippen LogP contribution >= 0.6 is 0 Å². The van der Waals surface area contributed by atoms with Gasteiger partial charge in [-0.05, 0) is 45.3 Å². The van der Waals surface area contributed by atoms with Crippen LogP contribution in [0.15, 0.2) is 24.3 Å². The van der Waals surface area contributed by atoms with Crippen molar-refractivity contribution in [1.82, 2.24) is 4.30 Å². The van der Waals surface area contributed by atoms with Gasteiger partial charge in [0.1, 0.15) is 0 Å². The SMILES string of the molecule is CC1(C)OB(c2cccc(NC(=O)[NH][Al])c2)OC1(C)C. The third-order valence-electron chi connectivity index (χ3n) is 3.80. The number of benzene rings is 1. The molecule has 0 aliphatic carbocycles. The second-order valence-corrected chi connectivity index (χ2v) is 6.10. The number of rotatable bonds is 2. The number of hydrogen-bond donors (Lipinski definition) is 2. The second kappa shape index (κ2) is 5.42. The van der Waals surface area contributed by atoms with E-state index in [0.717, 1.165) is 5.46 Å². The van der Waals surface area contributed by atoms with E-state index in [2.05, 4.69) is 26.1 Å². The van der Waals surface area contributed by atoms with Crippen LogP contribution in [0.4, 0.5) is 10.5 Å². The molecule has 7 heteroatoms. The van der Waals surface area contributed by atoms with Crippen LogP contribution in [-0.4, -0.2) is 40.9 Å². The van der Waals surface area contributed by atoms with Crippen LogP contribution < -0.4 is 15.1 Å². The van der Waals surface area contributed by atoms with E-state index in [0.29, 0.717) is 5.69 Å². The molecule has 1 aromatic rings. The monoisotopic (exact) mass is 288 g/mol. The Labute approximate surface area is 128 Å². The number of urea groups is 1. The molecule has 5 nitrogen and oxygen atoms in total. The first kappa shape index (κ1) is 15.4. The highest BCUT2D eigenvalue weighted by molar-refractivity contribution is 6.62. The van der Waals surface area contributed by atoms with E-state index in [1.54, 1.807) is 0 Å². The van der Waals surface area contributed by atoms with E-state index in [1.807, 2.05) is 52.0 Å². The van der Waals surface area contributed by atoms with Crippen molar-refractivity contribution in [2.75, 3.05) is 5.32 Å². The first-order valence-corrected chi connectivity index (χ1v) is 7.06. The summed E-state index contributed by atoms with van der Waals surface area (Å²) in [5.74, 6) is 0. The highest BCUT2D eigenvalue weighted by Crippen LogP contribution is 2.36. The average molecular weight is 288 g/mol. The number of nitrogens with one attached hydrogen (secondary N) is 2. The van der Waals surface area contributed by atoms with Crippen LogP contribution in [0, 0.1) is 0 Å². The predicted octanol–water partition coefficient (Wildman–Crippen LogP) is 1.19. The van der Waals surface area contributed by atoms with E-state index in [9.17, 15) is 4.79 Å². The Morgan fingerprint density at radius 3 is 2.35 bits per heavy atom. The molecule has 1 heterocycles. The molecule has 2 rings (SSSR count). The molecule has 1 aliphatic heterocycles. The van der Waals surface area contributed by atoms with Crippen molar-refractivity contribution in [3.05, 3.63) is 24.3 Å². The van der Waals surface area contributed by atoms with Crippen LogP contribution in [0.3, 0.4) is 0 Å². The predicted molar refractivity (Wildman–Crippen MR) is 80.1 cm³/mol. The van der Waals surface area contributed by atoms with Crippen LogP contribution in [0.25, 0.3) is 0 Å². The van der Waals surface area contributed by atoms with Crippen molar-refractivity contribution in [2.24, 2.45) is 0 Å². The van der Waals surface area contributed by atoms with Gasteiger partial charge in [-0.15, -0.1) is 0 Å². The fourth-order valence-corrected chi connectivity index (χ4v) is 1.98. The summed E-state index contributed by atoms with van der Waals surface area (Å²) < 4.78 is 14.4. The molecule has 104 valence electrons. The molecule has 0 bridgehead atoms. The Hall–Kier alpha value is -0.993. The van der Waals surface area contributed by atoms with Gasteiger partial charge in [0, 0.05) is 5.69 Å². The van der Waals surface area contributed by atoms with Crippen molar-refractivity contribution in [1.29, 1.82) is 0 Å². The molecule has 0 atom stereocenters. The fourth-order valence-electron chi connectivity index (χ4n) is 1.91. The van der Waals surface area contributed by atoms with Gasteiger partial charge in [0.15, 0.2) is 0 Å². The first-order chi connectivity index (χ1) is 9.25. The molecule has 2 radical (unpaired) electrons. The lowest BCUT2D eigenvalue weighted by atomic mass is 9.79. The summed E-state index contributed by atoms with van der Waals surface area (Å²) in [6.07, 6.45) is 0. The first-order valence-electron chi connectivity index (χ1n) is 6.48. The lowest BCUT2D eigenvalue weighted by Gasteiger charge is -2.32. The van der Waals surface area contributed by atoms with Crippen molar-refractivity contribution in [3.63, 3.8) is 0 Å². The molecule has 1 aromatic carbocycles. The number of anilines is 1. The fraction of sp³-hybridized carbons (Fsp3) is 0.462. The highest BCUT2D eigenvalue weighted by Gasteiger charge is 2.51. The third-order valence-corrected chi connectivity index (χ3v) is 4.06. The second-order valence-electron chi connectivity index (χ2n) is 5.81. The summed E-state index contributed by atoms with van der Waals surface area (Å²) in [7, 11) is -0.430. The zero-order valence-corrected chi connectivity index (χ0v) is 13.3. The van der Waals surface area contributed by atoms with E-state index >= 15 is 0 Å². The normalized spacial score (nSPS) is 19.7. The van der Waals surface area contributed by atoms with Crippen LogP contribution in [0.5, 0.6) is 0 Å². The van der Waals surface area contributed by atoms with E-state index < -0.39 is 7.12 Å². The summed E-state index contributed by atoms with van der Waals surface area (Å²) in [6.45, 7) is 8.04. The summed E-state index contributed by atoms with van der Waals surface area (Å²) in [5.41, 5.74) is 0.819. The molecular formula is C13H18AlBN2O3. The van der Waals surface area contributed by atoms with E-state index in [1.165, 1.54) is 0 Å². The molecule has 0 saturated carbocycles. The molecule has 1 aliphatic rings. The molecule has 0 unspecified atom stereocenters. The standard InChI is InChI=1S/C13H19BN2O3.Al/c1-12(2)13(3,4)19-14(18-12)9-6-5-7-10(8-9)16-11(15)17;/h5-8H,1-4H3,(H3,15,16,17);/q;+1/p-1. The maximum Gasteiger partial charge on any atom is 0.494 e. The number of amides is 2. The van der Waals surface area contributed by atoms with Gasteiger partial charge in [0.2, 0.25) is 0 Å². The van der Waals surface area contributed by atoms with Crippen LogP contribution in [0.1, 0.15) is 27.7 Å². The van der Waals surface area contributed by atoms with E-state index in [4.69, 9.17) is 9.31 Å². The zero-order valence-electron chi connectivity index (χ0n) is 12.2. The average Bonchev–Trinajstić information content (AvgIpc) is 2.59. The quantitative estimate of drug-likeness (QED) is 0.804. The molecule has 1 saturated heterocycles.